The molecule has 0 radical (unpaired) electrons. The number of nitrogens with two attached hydrogens (primary N) is 1. The molecular weight excluding hydrogens is 714 g/mol. The Bertz CT molecular complexity index is 1520. The number of aromatic hydroxyl groups is 1. The number of aliphatic hydroxyl groups excluding tert-OH is 4. The Labute approximate surface area is 311 Å². The summed E-state index contributed by atoms with van der Waals surface area (Å²) in [5.74, 6) is -6.72. The topological polar surface area (TPSA) is 321 Å². The molecule has 300 valence electrons. The highest BCUT2D eigenvalue weighted by atomic mass is 16.4. The van der Waals surface area contributed by atoms with Crippen molar-refractivity contribution >= 4 is 41.4 Å². The van der Waals surface area contributed by atoms with Gasteiger partial charge in [-0.1, -0.05) is 12.1 Å². The minimum Gasteiger partial charge on any atom is -0.508 e. The first kappa shape index (κ1) is 43.5. The molecule has 0 spiro atoms. The number of benzene rings is 1. The van der Waals surface area contributed by atoms with Gasteiger partial charge in [0.15, 0.2) is 6.04 Å². The summed E-state index contributed by atoms with van der Waals surface area (Å²) < 4.78 is 0. The molecule has 54 heavy (non-hydrogen) atoms. The maximum absolute atomic E-state index is 13.9. The number of likely N-dealkylation sites (tertiary alicyclic amines) is 2. The van der Waals surface area contributed by atoms with E-state index in [9.17, 15) is 64.2 Å². The molecule has 12 N–H and O–H groups in total. The summed E-state index contributed by atoms with van der Waals surface area (Å²) in [7, 11) is 0. The van der Waals surface area contributed by atoms with E-state index in [0.29, 0.717) is 18.4 Å². The maximum Gasteiger partial charge on any atom is 0.328 e. The molecule has 0 aromatic heterocycles. The number of nitrogens with zero attached hydrogens (tertiary/aromatic N) is 2. The third-order valence-corrected chi connectivity index (χ3v) is 9.36. The van der Waals surface area contributed by atoms with E-state index in [2.05, 4.69) is 21.3 Å². The Morgan fingerprint density at radius 1 is 0.741 bits per heavy atom. The van der Waals surface area contributed by atoms with Gasteiger partial charge in [0.2, 0.25) is 35.4 Å². The largest absolute Gasteiger partial charge is 0.508 e. The van der Waals surface area contributed by atoms with Gasteiger partial charge < -0.3 is 67.4 Å². The molecule has 2 aliphatic heterocycles. The summed E-state index contributed by atoms with van der Waals surface area (Å²) in [4.78, 5) is 94.2. The fraction of sp³-hybridized carbons (Fsp3) is 0.618. The van der Waals surface area contributed by atoms with Gasteiger partial charge in [-0.05, 0) is 64.2 Å². The SMILES string of the molecule is C[C@@H](O)[C@H](NC(=O)[C@@H]1CCCN1C(=O)[C@@H]1CCCN1C(=O)[C@@H](NC(=O)[C@@H](NC(=O)[C@H](Cc1ccc(O)cc1)NC(=O)[C@@H](N)CO)[C@@H](C)O)[C@@H](C)O)C(=O)O. The molecule has 20 heteroatoms. The van der Waals surface area contributed by atoms with Gasteiger partial charge in [0.1, 0.15) is 42.0 Å². The lowest BCUT2D eigenvalue weighted by atomic mass is 10.0. The molecule has 2 aliphatic rings. The van der Waals surface area contributed by atoms with E-state index in [1.54, 1.807) is 0 Å². The summed E-state index contributed by atoms with van der Waals surface area (Å²) in [6.45, 7) is 3.03. The summed E-state index contributed by atoms with van der Waals surface area (Å²) in [6, 6.07) is -4.30. The van der Waals surface area contributed by atoms with Gasteiger partial charge in [0, 0.05) is 19.5 Å². The second-order valence-corrected chi connectivity index (χ2v) is 13.6. The smallest absolute Gasteiger partial charge is 0.328 e. The van der Waals surface area contributed by atoms with E-state index in [4.69, 9.17) is 5.73 Å². The lowest BCUT2D eigenvalue weighted by Gasteiger charge is -2.34. The van der Waals surface area contributed by atoms with Gasteiger partial charge in [0.05, 0.1) is 24.9 Å². The van der Waals surface area contributed by atoms with Crippen LogP contribution < -0.4 is 27.0 Å². The molecule has 0 aliphatic carbocycles. The summed E-state index contributed by atoms with van der Waals surface area (Å²) in [5.41, 5.74) is 6.08. The molecule has 0 bridgehead atoms. The summed E-state index contributed by atoms with van der Waals surface area (Å²) in [5, 5.41) is 68.6. The molecule has 3 rings (SSSR count). The highest BCUT2D eigenvalue weighted by Gasteiger charge is 2.45. The van der Waals surface area contributed by atoms with Crippen molar-refractivity contribution in [3.8, 4) is 5.75 Å². The number of carboxylic acid groups (broad SMARTS) is 1. The standard InChI is InChI=1S/C34H51N7O13/c1-16(43)25(37-29(48)22(36-28(47)21(35)15-42)14-19-8-10-20(46)11-9-19)31(50)38-26(17(2)44)33(52)41-13-5-7-24(41)32(51)40-12-4-6-23(40)30(49)39-27(18(3)45)34(53)54/h8-11,16-18,21-27,42-46H,4-7,12-15,35H2,1-3H3,(H,36,47)(H,37,48)(H,38,50)(H,39,49)(H,53,54)/t16-,17-,18-,21+,22+,23+,24+,25+,26+,27+/m1/s1. The summed E-state index contributed by atoms with van der Waals surface area (Å²) >= 11 is 0. The number of hydrogen-bond acceptors (Lipinski definition) is 13. The predicted octanol–water partition coefficient (Wildman–Crippen LogP) is -4.60. The van der Waals surface area contributed by atoms with Crippen molar-refractivity contribution in [3.63, 3.8) is 0 Å². The number of carbonyl (C=O) groups is 7. The van der Waals surface area contributed by atoms with Crippen LogP contribution in [-0.2, 0) is 40.0 Å². The van der Waals surface area contributed by atoms with E-state index in [-0.39, 0.29) is 38.1 Å². The van der Waals surface area contributed by atoms with Gasteiger partial charge in [-0.2, -0.15) is 0 Å². The van der Waals surface area contributed by atoms with E-state index in [0.717, 1.165) is 4.90 Å². The lowest BCUT2D eigenvalue weighted by Crippen LogP contribution is -2.63. The first-order chi connectivity index (χ1) is 25.4. The molecule has 0 unspecified atom stereocenters. The maximum atomic E-state index is 13.9. The van der Waals surface area contributed by atoms with Crippen molar-refractivity contribution in [2.75, 3.05) is 19.7 Å². The van der Waals surface area contributed by atoms with Gasteiger partial charge >= 0.3 is 5.97 Å². The first-order valence-electron chi connectivity index (χ1n) is 17.6. The van der Waals surface area contributed by atoms with Crippen LogP contribution >= 0.6 is 0 Å². The average Bonchev–Trinajstić information content (AvgIpc) is 3.81. The molecule has 6 amide bonds. The second kappa shape index (κ2) is 19.4. The number of amides is 6. The van der Waals surface area contributed by atoms with Crippen molar-refractivity contribution in [1.82, 2.24) is 31.1 Å². The number of carboxylic acids is 1. The first-order valence-corrected chi connectivity index (χ1v) is 17.6. The number of rotatable bonds is 17. The molecule has 1 aromatic rings. The Hall–Kier alpha value is -4.89. The number of carbonyl (C=O) groups excluding carboxylic acids is 6. The number of phenolic OH excluding ortho intramolecular Hbond substituents is 1. The van der Waals surface area contributed by atoms with E-state index in [1.165, 1.54) is 49.9 Å². The van der Waals surface area contributed by atoms with Crippen LogP contribution in [0.2, 0.25) is 0 Å². The van der Waals surface area contributed by atoms with Crippen LogP contribution in [0, 0.1) is 0 Å². The minimum absolute atomic E-state index is 0.0489. The van der Waals surface area contributed by atoms with Gasteiger partial charge in [-0.15, -0.1) is 0 Å². The van der Waals surface area contributed by atoms with Crippen LogP contribution in [0.5, 0.6) is 5.75 Å². The van der Waals surface area contributed by atoms with Crippen LogP contribution in [0.3, 0.4) is 0 Å². The third-order valence-electron chi connectivity index (χ3n) is 9.36. The molecule has 2 heterocycles. The normalized spacial score (nSPS) is 21.4. The minimum atomic E-state index is -1.73. The zero-order chi connectivity index (χ0) is 40.4. The quantitative estimate of drug-likeness (QED) is 0.0712. The fourth-order valence-corrected chi connectivity index (χ4v) is 6.33. The Morgan fingerprint density at radius 2 is 1.28 bits per heavy atom. The predicted molar refractivity (Wildman–Crippen MR) is 187 cm³/mol. The van der Waals surface area contributed by atoms with Crippen molar-refractivity contribution in [2.45, 2.75) is 113 Å². The molecular formula is C34H51N7O13. The summed E-state index contributed by atoms with van der Waals surface area (Å²) in [6.07, 6.45) is -3.54. The Kier molecular flexibility index (Phi) is 15.7. The van der Waals surface area contributed by atoms with E-state index >= 15 is 0 Å². The zero-order valence-corrected chi connectivity index (χ0v) is 30.3. The third kappa shape index (κ3) is 11.1. The van der Waals surface area contributed by atoms with Gasteiger partial charge in [0.25, 0.3) is 0 Å². The molecule has 20 nitrogen and oxygen atoms in total. The molecule has 2 saturated heterocycles. The van der Waals surface area contributed by atoms with Crippen molar-refractivity contribution < 1.29 is 64.2 Å². The molecule has 2 fully saturated rings. The monoisotopic (exact) mass is 765 g/mol. The number of hydrogen-bond donors (Lipinski definition) is 11. The van der Waals surface area contributed by atoms with Gasteiger partial charge in [-0.25, -0.2) is 4.79 Å². The zero-order valence-electron chi connectivity index (χ0n) is 30.3. The van der Waals surface area contributed by atoms with Crippen molar-refractivity contribution in [1.29, 1.82) is 0 Å². The van der Waals surface area contributed by atoms with E-state index in [1.807, 2.05) is 0 Å². The van der Waals surface area contributed by atoms with Crippen molar-refractivity contribution in [2.24, 2.45) is 5.73 Å². The van der Waals surface area contributed by atoms with Crippen LogP contribution in [0.25, 0.3) is 0 Å². The molecule has 1 aromatic carbocycles. The fourth-order valence-electron chi connectivity index (χ4n) is 6.33. The van der Waals surface area contributed by atoms with E-state index < -0.39 is 109 Å². The number of aliphatic hydroxyl groups is 4. The van der Waals surface area contributed by atoms with Crippen LogP contribution in [0.4, 0.5) is 0 Å². The molecule has 10 atom stereocenters. The number of aliphatic carboxylic acids is 1. The highest BCUT2D eigenvalue weighted by Crippen LogP contribution is 2.26. The van der Waals surface area contributed by atoms with Crippen LogP contribution in [0.1, 0.15) is 52.0 Å². The average molecular weight is 766 g/mol. The Balaban J connectivity index is 1.77. The lowest BCUT2D eigenvalue weighted by molar-refractivity contribution is -0.150. The second-order valence-electron chi connectivity index (χ2n) is 13.6. The highest BCUT2D eigenvalue weighted by molar-refractivity contribution is 5.98. The number of nitrogens with one attached hydrogen (secondary N) is 4. The van der Waals surface area contributed by atoms with Gasteiger partial charge in [-0.3, -0.25) is 28.8 Å². The van der Waals surface area contributed by atoms with Crippen molar-refractivity contribution in [3.05, 3.63) is 29.8 Å². The number of phenols is 1. The van der Waals surface area contributed by atoms with Crippen LogP contribution in [0.15, 0.2) is 24.3 Å². The molecule has 0 saturated carbocycles. The Morgan fingerprint density at radius 3 is 1.81 bits per heavy atom. The van der Waals surface area contributed by atoms with Crippen LogP contribution in [-0.4, -0.2) is 162 Å².